The van der Waals surface area contributed by atoms with Crippen molar-refractivity contribution in [3.63, 3.8) is 0 Å². The monoisotopic (exact) mass is 382 g/mol. The van der Waals surface area contributed by atoms with E-state index in [2.05, 4.69) is 16.2 Å². The highest BCUT2D eigenvalue weighted by Gasteiger charge is 2.11. The Morgan fingerprint density at radius 3 is 2.52 bits per heavy atom. The van der Waals surface area contributed by atoms with Crippen LogP contribution in [-0.4, -0.2) is 15.9 Å². The van der Waals surface area contributed by atoms with Gasteiger partial charge in [-0.05, 0) is 36.0 Å². The number of hydrogen-bond acceptors (Lipinski definition) is 4. The number of nitro benzene ring substituents is 1. The second kappa shape index (κ2) is 8.36. The van der Waals surface area contributed by atoms with E-state index in [1.54, 1.807) is 0 Å². The number of nitrogens with one attached hydrogen (secondary N) is 3. The van der Waals surface area contributed by atoms with Gasteiger partial charge in [0.15, 0.2) is 5.11 Å². The third-order valence-corrected chi connectivity index (χ3v) is 3.54. The van der Waals surface area contributed by atoms with Gasteiger partial charge in [-0.25, -0.2) is 4.39 Å². The second-order valence-corrected chi connectivity index (χ2v) is 5.67. The van der Waals surface area contributed by atoms with E-state index in [-0.39, 0.29) is 33.7 Å². The van der Waals surface area contributed by atoms with Crippen LogP contribution in [-0.2, 0) is 11.2 Å². The third-order valence-electron chi connectivity index (χ3n) is 3.00. The Labute approximate surface area is 152 Å². The van der Waals surface area contributed by atoms with Gasteiger partial charge in [0.2, 0.25) is 5.91 Å². The SMILES string of the molecule is O=C(Cc1ccc(F)cc1)NNC(=S)Nc1cc([N+](=O)[O-])ccc1Cl. The number of non-ortho nitro benzene ring substituents is 1. The highest BCUT2D eigenvalue weighted by molar-refractivity contribution is 7.80. The van der Waals surface area contributed by atoms with Gasteiger partial charge in [0.25, 0.3) is 5.69 Å². The standard InChI is InChI=1S/C15H12ClFN4O3S/c16-12-6-5-11(21(23)24)8-13(12)18-15(25)20-19-14(22)7-9-1-3-10(17)4-2-9/h1-6,8H,7H2,(H,19,22)(H2,18,20,25). The van der Waals surface area contributed by atoms with Crippen LogP contribution < -0.4 is 16.2 Å². The summed E-state index contributed by atoms with van der Waals surface area (Å²) >= 11 is 10.9. The number of rotatable bonds is 4. The molecule has 7 nitrogen and oxygen atoms in total. The first-order valence-corrected chi connectivity index (χ1v) is 7.68. The van der Waals surface area contributed by atoms with Crippen molar-refractivity contribution in [2.24, 2.45) is 0 Å². The lowest BCUT2D eigenvalue weighted by Crippen LogP contribution is -2.44. The molecule has 0 fully saturated rings. The quantitative estimate of drug-likeness (QED) is 0.427. The Morgan fingerprint density at radius 1 is 1.20 bits per heavy atom. The van der Waals surface area contributed by atoms with Gasteiger partial charge in [-0.15, -0.1) is 0 Å². The average molecular weight is 383 g/mol. The van der Waals surface area contributed by atoms with E-state index in [1.165, 1.54) is 42.5 Å². The molecule has 3 N–H and O–H groups in total. The second-order valence-electron chi connectivity index (χ2n) is 4.85. The van der Waals surface area contributed by atoms with Crippen molar-refractivity contribution < 1.29 is 14.1 Å². The smallest absolute Gasteiger partial charge is 0.271 e. The summed E-state index contributed by atoms with van der Waals surface area (Å²) in [5.41, 5.74) is 5.51. The molecule has 25 heavy (non-hydrogen) atoms. The molecule has 0 aliphatic carbocycles. The maximum Gasteiger partial charge on any atom is 0.271 e. The van der Waals surface area contributed by atoms with E-state index in [0.29, 0.717) is 5.56 Å². The lowest BCUT2D eigenvalue weighted by molar-refractivity contribution is -0.384. The normalized spacial score (nSPS) is 10.0. The first-order chi connectivity index (χ1) is 11.8. The number of benzene rings is 2. The maximum atomic E-state index is 12.8. The number of nitrogens with zero attached hydrogens (tertiary/aromatic N) is 1. The van der Waals surface area contributed by atoms with Crippen LogP contribution in [0.2, 0.25) is 5.02 Å². The first kappa shape index (κ1) is 18.6. The van der Waals surface area contributed by atoms with E-state index < -0.39 is 10.8 Å². The van der Waals surface area contributed by atoms with Gasteiger partial charge in [-0.3, -0.25) is 25.8 Å². The molecule has 0 aromatic heterocycles. The third kappa shape index (κ3) is 5.66. The van der Waals surface area contributed by atoms with Crippen molar-refractivity contribution in [2.75, 3.05) is 5.32 Å². The lowest BCUT2D eigenvalue weighted by Gasteiger charge is -2.12. The number of anilines is 1. The van der Waals surface area contributed by atoms with E-state index >= 15 is 0 Å². The molecule has 0 unspecified atom stereocenters. The molecule has 2 rings (SSSR count). The van der Waals surface area contributed by atoms with Crippen molar-refractivity contribution in [1.29, 1.82) is 0 Å². The molecule has 0 heterocycles. The Hall–Kier alpha value is -2.78. The van der Waals surface area contributed by atoms with Crippen LogP contribution in [0.1, 0.15) is 5.56 Å². The summed E-state index contributed by atoms with van der Waals surface area (Å²) in [7, 11) is 0. The number of nitro groups is 1. The molecule has 0 spiro atoms. The Kier molecular flexibility index (Phi) is 6.20. The van der Waals surface area contributed by atoms with Gasteiger partial charge < -0.3 is 5.32 Å². The Morgan fingerprint density at radius 2 is 1.88 bits per heavy atom. The van der Waals surface area contributed by atoms with Crippen molar-refractivity contribution in [3.8, 4) is 0 Å². The minimum Gasteiger partial charge on any atom is -0.330 e. The topological polar surface area (TPSA) is 96.3 Å². The van der Waals surface area contributed by atoms with Crippen LogP contribution in [0.5, 0.6) is 0 Å². The zero-order valence-electron chi connectivity index (χ0n) is 12.6. The minimum atomic E-state index is -0.567. The summed E-state index contributed by atoms with van der Waals surface area (Å²) in [6, 6.07) is 9.34. The van der Waals surface area contributed by atoms with Crippen LogP contribution in [0, 0.1) is 15.9 Å². The number of amides is 1. The van der Waals surface area contributed by atoms with E-state index in [4.69, 9.17) is 23.8 Å². The fourth-order valence-electron chi connectivity index (χ4n) is 1.83. The fraction of sp³-hybridized carbons (Fsp3) is 0.0667. The highest BCUT2D eigenvalue weighted by Crippen LogP contribution is 2.26. The summed E-state index contributed by atoms with van der Waals surface area (Å²) in [6.45, 7) is 0. The minimum absolute atomic E-state index is 0.00476. The van der Waals surface area contributed by atoms with Gasteiger partial charge in [0.1, 0.15) is 5.82 Å². The molecule has 2 aromatic rings. The molecular weight excluding hydrogens is 371 g/mol. The van der Waals surface area contributed by atoms with Gasteiger partial charge >= 0.3 is 0 Å². The van der Waals surface area contributed by atoms with Gasteiger partial charge in [-0.1, -0.05) is 23.7 Å². The molecular formula is C15H12ClFN4O3S. The molecule has 0 aliphatic heterocycles. The number of thiocarbonyl (C=S) groups is 1. The molecule has 0 saturated carbocycles. The van der Waals surface area contributed by atoms with Crippen LogP contribution in [0.3, 0.4) is 0 Å². The molecule has 0 aliphatic rings. The Bertz CT molecular complexity index is 817. The van der Waals surface area contributed by atoms with Gasteiger partial charge in [-0.2, -0.15) is 0 Å². The Balaban J connectivity index is 1.88. The first-order valence-electron chi connectivity index (χ1n) is 6.89. The zero-order valence-corrected chi connectivity index (χ0v) is 14.2. The summed E-state index contributed by atoms with van der Waals surface area (Å²) in [5, 5.41) is 13.6. The number of halogens is 2. The van der Waals surface area contributed by atoms with Gasteiger partial charge in [0, 0.05) is 12.1 Å². The number of hydrogen-bond donors (Lipinski definition) is 3. The predicted octanol–water partition coefficient (Wildman–Crippen LogP) is 2.95. The summed E-state index contributed by atoms with van der Waals surface area (Å²) < 4.78 is 12.8. The number of carbonyl (C=O) groups is 1. The molecule has 10 heteroatoms. The molecule has 0 radical (unpaired) electrons. The molecule has 1 amide bonds. The van der Waals surface area contributed by atoms with E-state index in [1.807, 2.05) is 0 Å². The summed E-state index contributed by atoms with van der Waals surface area (Å²) in [5.74, 6) is -0.789. The van der Waals surface area contributed by atoms with Crippen molar-refractivity contribution in [3.05, 3.63) is 69.0 Å². The lowest BCUT2D eigenvalue weighted by atomic mass is 10.1. The number of carbonyl (C=O) groups excluding carboxylic acids is 1. The van der Waals surface area contributed by atoms with E-state index in [9.17, 15) is 19.3 Å². The molecule has 0 atom stereocenters. The van der Waals surface area contributed by atoms with Crippen LogP contribution in [0.4, 0.5) is 15.8 Å². The largest absolute Gasteiger partial charge is 0.330 e. The maximum absolute atomic E-state index is 12.8. The summed E-state index contributed by atoms with van der Waals surface area (Å²) in [6.07, 6.45) is 0.0213. The van der Waals surface area contributed by atoms with Crippen molar-refractivity contribution in [1.82, 2.24) is 10.9 Å². The van der Waals surface area contributed by atoms with Crippen LogP contribution in [0.25, 0.3) is 0 Å². The number of hydrazine groups is 1. The van der Waals surface area contributed by atoms with Crippen molar-refractivity contribution in [2.45, 2.75) is 6.42 Å². The predicted molar refractivity (Wildman–Crippen MR) is 95.7 cm³/mol. The van der Waals surface area contributed by atoms with E-state index in [0.717, 1.165) is 0 Å². The van der Waals surface area contributed by atoms with Crippen molar-refractivity contribution >= 4 is 46.2 Å². The molecule has 0 bridgehead atoms. The molecule has 2 aromatic carbocycles. The highest BCUT2D eigenvalue weighted by atomic mass is 35.5. The summed E-state index contributed by atoms with van der Waals surface area (Å²) in [4.78, 5) is 22.0. The average Bonchev–Trinajstić information content (AvgIpc) is 2.57. The van der Waals surface area contributed by atoms with Gasteiger partial charge in [0.05, 0.1) is 22.1 Å². The van der Waals surface area contributed by atoms with Crippen LogP contribution in [0.15, 0.2) is 42.5 Å². The molecule has 0 saturated heterocycles. The van der Waals surface area contributed by atoms with Crippen LogP contribution >= 0.6 is 23.8 Å². The zero-order chi connectivity index (χ0) is 18.4. The molecule has 130 valence electrons. The fourth-order valence-corrected chi connectivity index (χ4v) is 2.16.